The van der Waals surface area contributed by atoms with E-state index < -0.39 is 16.9 Å². The second kappa shape index (κ2) is 5.93. The van der Waals surface area contributed by atoms with E-state index in [4.69, 9.17) is 4.52 Å². The third-order valence-electron chi connectivity index (χ3n) is 2.66. The fourth-order valence-corrected chi connectivity index (χ4v) is 2.92. The highest BCUT2D eigenvalue weighted by Crippen LogP contribution is 2.18. The number of hydrogen-bond acceptors (Lipinski definition) is 4. The van der Waals surface area contributed by atoms with Crippen LogP contribution in [0.25, 0.3) is 0 Å². The quantitative estimate of drug-likeness (QED) is 0.897. The molecule has 18 heavy (non-hydrogen) atoms. The van der Waals surface area contributed by atoms with Gasteiger partial charge in [0.2, 0.25) is 0 Å². The molecule has 0 spiro atoms. The van der Waals surface area contributed by atoms with Gasteiger partial charge in [0.1, 0.15) is 6.26 Å². The Hall–Kier alpha value is -1.46. The molecule has 0 saturated carbocycles. The summed E-state index contributed by atoms with van der Waals surface area (Å²) in [6.45, 7) is 1.75. The van der Waals surface area contributed by atoms with Crippen molar-refractivity contribution < 1.29 is 13.8 Å². The fraction of sp³-hybridized carbons (Fsp3) is 0.308. The summed E-state index contributed by atoms with van der Waals surface area (Å²) >= 11 is 0. The van der Waals surface area contributed by atoms with Gasteiger partial charge in [-0.25, -0.2) is 0 Å². The van der Waals surface area contributed by atoms with E-state index in [1.54, 1.807) is 6.92 Å². The highest BCUT2D eigenvalue weighted by Gasteiger charge is 2.16. The second-order valence-electron chi connectivity index (χ2n) is 4.11. The van der Waals surface area contributed by atoms with Crippen molar-refractivity contribution in [1.82, 2.24) is 5.16 Å². The molecule has 1 unspecified atom stereocenters. The largest absolute Gasteiger partial charge is 0.387 e. The summed E-state index contributed by atoms with van der Waals surface area (Å²) in [6, 6.07) is 9.59. The van der Waals surface area contributed by atoms with Crippen LogP contribution >= 0.6 is 0 Å². The van der Waals surface area contributed by atoms with Crippen molar-refractivity contribution in [1.29, 1.82) is 0 Å². The molecule has 2 rings (SSSR count). The van der Waals surface area contributed by atoms with Gasteiger partial charge in [-0.2, -0.15) is 0 Å². The number of aryl methyl sites for hydroxylation is 1. The minimum Gasteiger partial charge on any atom is -0.387 e. The number of benzene rings is 1. The van der Waals surface area contributed by atoms with Gasteiger partial charge in [-0.15, -0.1) is 0 Å². The van der Waals surface area contributed by atoms with Gasteiger partial charge in [0, 0.05) is 22.1 Å². The van der Waals surface area contributed by atoms with Gasteiger partial charge in [-0.05, 0) is 12.5 Å². The molecule has 0 bridgehead atoms. The average molecular weight is 265 g/mol. The van der Waals surface area contributed by atoms with Gasteiger partial charge in [0.05, 0.1) is 17.6 Å². The van der Waals surface area contributed by atoms with Crippen molar-refractivity contribution in [3.05, 3.63) is 53.4 Å². The summed E-state index contributed by atoms with van der Waals surface area (Å²) in [5, 5.41) is 13.6. The molecule has 5 heteroatoms. The van der Waals surface area contributed by atoms with Crippen LogP contribution in [-0.4, -0.2) is 20.2 Å². The highest BCUT2D eigenvalue weighted by atomic mass is 32.2. The van der Waals surface area contributed by atoms with E-state index in [2.05, 4.69) is 5.16 Å². The number of aliphatic hydroxyl groups excluding tert-OH is 1. The van der Waals surface area contributed by atoms with Crippen molar-refractivity contribution in [3.63, 3.8) is 0 Å². The molecule has 1 aromatic heterocycles. The molecule has 2 atom stereocenters. The Morgan fingerprint density at radius 2 is 2.11 bits per heavy atom. The molecule has 0 saturated heterocycles. The van der Waals surface area contributed by atoms with E-state index in [9.17, 15) is 9.32 Å². The number of rotatable bonds is 5. The summed E-state index contributed by atoms with van der Waals surface area (Å²) in [7, 11) is -1.11. The zero-order valence-corrected chi connectivity index (χ0v) is 10.9. The first-order chi connectivity index (χ1) is 8.66. The maximum absolute atomic E-state index is 11.9. The Morgan fingerprint density at radius 3 is 2.72 bits per heavy atom. The Bertz CT molecular complexity index is 524. The lowest BCUT2D eigenvalue weighted by molar-refractivity contribution is 0.201. The van der Waals surface area contributed by atoms with Crippen molar-refractivity contribution in [2.75, 3.05) is 5.75 Å². The lowest BCUT2D eigenvalue weighted by Crippen LogP contribution is -2.11. The normalized spacial score (nSPS) is 14.3. The first-order valence-corrected chi connectivity index (χ1v) is 7.13. The van der Waals surface area contributed by atoms with Crippen LogP contribution in [0.15, 0.2) is 41.1 Å². The van der Waals surface area contributed by atoms with E-state index in [0.717, 1.165) is 5.56 Å². The smallest absolute Gasteiger partial charge is 0.129 e. The molecule has 0 fully saturated rings. The van der Waals surface area contributed by atoms with Crippen LogP contribution in [0.5, 0.6) is 0 Å². The summed E-state index contributed by atoms with van der Waals surface area (Å²) in [5.41, 5.74) is 2.25. The van der Waals surface area contributed by atoms with Gasteiger partial charge in [-0.1, -0.05) is 35.5 Å². The molecular formula is C13H15NO3S. The molecule has 0 aliphatic rings. The summed E-state index contributed by atoms with van der Waals surface area (Å²) in [4.78, 5) is 0. The third-order valence-corrected chi connectivity index (χ3v) is 4.00. The Morgan fingerprint density at radius 1 is 1.39 bits per heavy atom. The summed E-state index contributed by atoms with van der Waals surface area (Å²) in [5.74, 6) is 0.638. The van der Waals surface area contributed by atoms with E-state index in [1.807, 2.05) is 30.3 Å². The number of aliphatic hydroxyl groups is 1. The Balaban J connectivity index is 1.94. The number of hydrogen-bond donors (Lipinski definition) is 1. The van der Waals surface area contributed by atoms with Gasteiger partial charge in [0.25, 0.3) is 0 Å². The molecule has 1 aromatic carbocycles. The van der Waals surface area contributed by atoms with Crippen molar-refractivity contribution >= 4 is 10.8 Å². The van der Waals surface area contributed by atoms with Gasteiger partial charge < -0.3 is 9.63 Å². The maximum Gasteiger partial charge on any atom is 0.129 e. The maximum atomic E-state index is 11.9. The molecule has 0 aliphatic heterocycles. The summed E-state index contributed by atoms with van der Waals surface area (Å²) in [6.07, 6.45) is 0.612. The van der Waals surface area contributed by atoms with Crippen LogP contribution in [0, 0.1) is 6.92 Å². The predicted octanol–water partition coefficient (Wildman–Crippen LogP) is 1.97. The molecule has 96 valence electrons. The molecular weight excluding hydrogens is 250 g/mol. The standard InChI is InChI=1S/C13H15NO3S/c1-10-12(7-17-14-10)13(15)9-18(16)8-11-5-3-2-4-6-11/h2-7,13,15H,8-9H2,1H3/t13-,18?/m1/s1. The van der Waals surface area contributed by atoms with E-state index in [1.165, 1.54) is 6.26 Å². The lowest BCUT2D eigenvalue weighted by atomic mass is 10.2. The monoisotopic (exact) mass is 265 g/mol. The third kappa shape index (κ3) is 3.27. The molecule has 0 aliphatic carbocycles. The van der Waals surface area contributed by atoms with Crippen LogP contribution in [-0.2, 0) is 16.6 Å². The molecule has 1 heterocycles. The van der Waals surface area contributed by atoms with Crippen molar-refractivity contribution in [2.45, 2.75) is 18.8 Å². The lowest BCUT2D eigenvalue weighted by Gasteiger charge is -2.08. The minimum atomic E-state index is -1.11. The second-order valence-corrected chi connectivity index (χ2v) is 5.61. The average Bonchev–Trinajstić information content (AvgIpc) is 2.76. The predicted molar refractivity (Wildman–Crippen MR) is 69.4 cm³/mol. The van der Waals surface area contributed by atoms with Gasteiger partial charge in [-0.3, -0.25) is 4.21 Å². The minimum absolute atomic E-state index is 0.191. The van der Waals surface area contributed by atoms with E-state index in [0.29, 0.717) is 17.0 Å². The van der Waals surface area contributed by atoms with E-state index >= 15 is 0 Å². The topological polar surface area (TPSA) is 63.3 Å². The first kappa shape index (κ1) is 13.0. The van der Waals surface area contributed by atoms with Crippen LogP contribution in [0.4, 0.5) is 0 Å². The summed E-state index contributed by atoms with van der Waals surface area (Å²) < 4.78 is 16.7. The SMILES string of the molecule is Cc1nocc1[C@H](O)CS(=O)Cc1ccccc1. The molecule has 2 aromatic rings. The van der Waals surface area contributed by atoms with Crippen molar-refractivity contribution in [2.24, 2.45) is 0 Å². The molecule has 0 radical (unpaired) electrons. The zero-order valence-electron chi connectivity index (χ0n) is 10.1. The molecule has 0 amide bonds. The number of nitrogens with zero attached hydrogens (tertiary/aromatic N) is 1. The zero-order chi connectivity index (χ0) is 13.0. The fourth-order valence-electron chi connectivity index (χ4n) is 1.70. The molecule has 4 nitrogen and oxygen atoms in total. The first-order valence-electron chi connectivity index (χ1n) is 5.64. The van der Waals surface area contributed by atoms with Crippen LogP contribution in [0.3, 0.4) is 0 Å². The van der Waals surface area contributed by atoms with Crippen molar-refractivity contribution in [3.8, 4) is 0 Å². The van der Waals surface area contributed by atoms with Crippen LogP contribution in [0.2, 0.25) is 0 Å². The molecule has 1 N–H and O–H groups in total. The Labute approximate surface area is 108 Å². The van der Waals surface area contributed by atoms with Crippen LogP contribution < -0.4 is 0 Å². The number of aromatic nitrogens is 1. The Kier molecular flexibility index (Phi) is 4.28. The van der Waals surface area contributed by atoms with E-state index in [-0.39, 0.29) is 5.75 Å². The van der Waals surface area contributed by atoms with Crippen LogP contribution in [0.1, 0.15) is 22.9 Å². The highest BCUT2D eigenvalue weighted by molar-refractivity contribution is 7.84. The van der Waals surface area contributed by atoms with Gasteiger partial charge in [0.15, 0.2) is 0 Å². The van der Waals surface area contributed by atoms with Gasteiger partial charge >= 0.3 is 0 Å².